The number of aliphatic hydroxyl groups is 1. The van der Waals surface area contributed by atoms with Crippen molar-refractivity contribution in [3.05, 3.63) is 29.1 Å². The molecule has 1 saturated heterocycles. The maximum atomic E-state index is 12.6. The van der Waals surface area contributed by atoms with Gasteiger partial charge in [-0.15, -0.1) is 0 Å². The number of likely N-dealkylation sites (tertiary alicyclic amines) is 1. The molecule has 1 atom stereocenters. The number of carbonyl (C=O) groups excluding carboxylic acids is 1. The van der Waals surface area contributed by atoms with Crippen LogP contribution in [0.4, 0.5) is 0 Å². The lowest BCUT2D eigenvalue weighted by molar-refractivity contribution is 0.0723. The molecular formula is C15H22N2O2. The molecule has 1 amide bonds. The van der Waals surface area contributed by atoms with Crippen LogP contribution >= 0.6 is 0 Å². The van der Waals surface area contributed by atoms with Gasteiger partial charge in [0.05, 0.1) is 11.3 Å². The molecule has 1 N–H and O–H groups in total. The number of nitrogens with zero attached hydrogens (tertiary/aromatic N) is 2. The third-order valence-electron chi connectivity index (χ3n) is 3.79. The Hall–Kier alpha value is -1.42. The first-order valence-corrected chi connectivity index (χ1v) is 6.99. The first-order valence-electron chi connectivity index (χ1n) is 6.99. The highest BCUT2D eigenvalue weighted by Gasteiger charge is 2.29. The monoisotopic (exact) mass is 262 g/mol. The Morgan fingerprint density at radius 2 is 2.26 bits per heavy atom. The lowest BCUT2D eigenvalue weighted by atomic mass is 10.1. The van der Waals surface area contributed by atoms with Crippen LogP contribution in [0, 0.1) is 13.8 Å². The fraction of sp³-hybridized carbons (Fsp3) is 0.600. The standard InChI is InChI=1S/C15H22N2O2/c1-11-7-8-14(12(2)16-11)15(19)17-9-3-5-13(17)6-4-10-18/h7-8,13,18H,3-6,9-10H2,1-2H3. The van der Waals surface area contributed by atoms with Gasteiger partial charge < -0.3 is 10.0 Å². The molecule has 0 bridgehead atoms. The number of hydrogen-bond acceptors (Lipinski definition) is 3. The molecule has 1 aliphatic rings. The van der Waals surface area contributed by atoms with Gasteiger partial charge in [-0.05, 0) is 51.7 Å². The Labute approximate surface area is 114 Å². The average Bonchev–Trinajstić information content (AvgIpc) is 2.83. The number of carbonyl (C=O) groups is 1. The molecule has 1 aromatic heterocycles. The second-order valence-corrected chi connectivity index (χ2v) is 5.25. The Morgan fingerprint density at radius 1 is 1.47 bits per heavy atom. The van der Waals surface area contributed by atoms with Crippen LogP contribution in [0.1, 0.15) is 47.4 Å². The Bertz CT molecular complexity index is 459. The average molecular weight is 262 g/mol. The number of rotatable bonds is 4. The zero-order valence-corrected chi connectivity index (χ0v) is 11.7. The van der Waals surface area contributed by atoms with Gasteiger partial charge in [-0.2, -0.15) is 0 Å². The first-order chi connectivity index (χ1) is 9.13. The normalized spacial score (nSPS) is 18.9. The minimum absolute atomic E-state index is 0.0884. The van der Waals surface area contributed by atoms with Gasteiger partial charge in [-0.25, -0.2) is 0 Å². The summed E-state index contributed by atoms with van der Waals surface area (Å²) in [5.74, 6) is 0.0884. The summed E-state index contributed by atoms with van der Waals surface area (Å²) in [6.45, 7) is 4.84. The second-order valence-electron chi connectivity index (χ2n) is 5.25. The van der Waals surface area contributed by atoms with Crippen LogP contribution in [0.25, 0.3) is 0 Å². The minimum Gasteiger partial charge on any atom is -0.396 e. The Kier molecular flexibility index (Phi) is 4.53. The van der Waals surface area contributed by atoms with Crippen molar-refractivity contribution in [2.75, 3.05) is 13.2 Å². The van der Waals surface area contributed by atoms with Crippen molar-refractivity contribution in [1.29, 1.82) is 0 Å². The lowest BCUT2D eigenvalue weighted by Gasteiger charge is -2.25. The van der Waals surface area contributed by atoms with Crippen LogP contribution in [-0.2, 0) is 0 Å². The number of aryl methyl sites for hydroxylation is 2. The highest BCUT2D eigenvalue weighted by molar-refractivity contribution is 5.95. The van der Waals surface area contributed by atoms with Crippen molar-refractivity contribution in [2.45, 2.75) is 45.6 Å². The summed E-state index contributed by atoms with van der Waals surface area (Å²) in [5.41, 5.74) is 2.45. The Morgan fingerprint density at radius 3 is 2.95 bits per heavy atom. The van der Waals surface area contributed by atoms with Crippen LogP contribution in [0.15, 0.2) is 12.1 Å². The van der Waals surface area contributed by atoms with Crippen LogP contribution in [0.5, 0.6) is 0 Å². The van der Waals surface area contributed by atoms with Crippen LogP contribution < -0.4 is 0 Å². The van der Waals surface area contributed by atoms with E-state index in [9.17, 15) is 4.79 Å². The third kappa shape index (κ3) is 3.13. The zero-order chi connectivity index (χ0) is 13.8. The molecule has 1 aliphatic heterocycles. The van der Waals surface area contributed by atoms with Crippen molar-refractivity contribution >= 4 is 5.91 Å². The zero-order valence-electron chi connectivity index (χ0n) is 11.7. The summed E-state index contributed by atoms with van der Waals surface area (Å²) in [6, 6.07) is 4.04. The van der Waals surface area contributed by atoms with E-state index in [-0.39, 0.29) is 18.6 Å². The maximum Gasteiger partial charge on any atom is 0.255 e. The Balaban J connectivity index is 2.13. The van der Waals surface area contributed by atoms with E-state index in [1.165, 1.54) is 0 Å². The molecular weight excluding hydrogens is 240 g/mol. The molecule has 19 heavy (non-hydrogen) atoms. The highest BCUT2D eigenvalue weighted by atomic mass is 16.3. The quantitative estimate of drug-likeness (QED) is 0.903. The lowest BCUT2D eigenvalue weighted by Crippen LogP contribution is -2.36. The van der Waals surface area contributed by atoms with E-state index < -0.39 is 0 Å². The van der Waals surface area contributed by atoms with Crippen molar-refractivity contribution in [2.24, 2.45) is 0 Å². The van der Waals surface area contributed by atoms with Gasteiger partial charge >= 0.3 is 0 Å². The van der Waals surface area contributed by atoms with E-state index in [1.807, 2.05) is 30.9 Å². The molecule has 0 spiro atoms. The predicted molar refractivity (Wildman–Crippen MR) is 74.1 cm³/mol. The molecule has 2 heterocycles. The summed E-state index contributed by atoms with van der Waals surface area (Å²) in [7, 11) is 0. The molecule has 104 valence electrons. The number of amides is 1. The van der Waals surface area contributed by atoms with Crippen LogP contribution in [0.3, 0.4) is 0 Å². The molecule has 2 rings (SSSR count). The van der Waals surface area contributed by atoms with Crippen molar-refractivity contribution in [3.63, 3.8) is 0 Å². The SMILES string of the molecule is Cc1ccc(C(=O)N2CCCC2CCCO)c(C)n1. The van der Waals surface area contributed by atoms with E-state index in [0.717, 1.165) is 43.6 Å². The van der Waals surface area contributed by atoms with Gasteiger partial charge in [0, 0.05) is 24.9 Å². The van der Waals surface area contributed by atoms with Gasteiger partial charge in [-0.1, -0.05) is 0 Å². The molecule has 1 unspecified atom stereocenters. The third-order valence-corrected chi connectivity index (χ3v) is 3.79. The summed E-state index contributed by atoms with van der Waals surface area (Å²) < 4.78 is 0. The van der Waals surface area contributed by atoms with Crippen molar-refractivity contribution in [3.8, 4) is 0 Å². The van der Waals surface area contributed by atoms with Gasteiger partial charge in [0.2, 0.25) is 0 Å². The van der Waals surface area contributed by atoms with Gasteiger partial charge in [-0.3, -0.25) is 9.78 Å². The van der Waals surface area contributed by atoms with Crippen molar-refractivity contribution in [1.82, 2.24) is 9.88 Å². The van der Waals surface area contributed by atoms with E-state index in [4.69, 9.17) is 5.11 Å². The molecule has 1 aromatic rings. The van der Waals surface area contributed by atoms with Crippen LogP contribution in [0.2, 0.25) is 0 Å². The number of hydrogen-bond donors (Lipinski definition) is 1. The summed E-state index contributed by atoms with van der Waals surface area (Å²) >= 11 is 0. The molecule has 4 nitrogen and oxygen atoms in total. The number of aromatic nitrogens is 1. The summed E-state index contributed by atoms with van der Waals surface area (Å²) in [4.78, 5) is 18.9. The van der Waals surface area contributed by atoms with Gasteiger partial charge in [0.25, 0.3) is 5.91 Å². The summed E-state index contributed by atoms with van der Waals surface area (Å²) in [6.07, 6.45) is 3.75. The molecule has 0 radical (unpaired) electrons. The highest BCUT2D eigenvalue weighted by Crippen LogP contribution is 2.24. The van der Waals surface area contributed by atoms with E-state index in [2.05, 4.69) is 4.98 Å². The molecule has 4 heteroatoms. The fourth-order valence-electron chi connectivity index (χ4n) is 2.80. The van der Waals surface area contributed by atoms with E-state index in [0.29, 0.717) is 5.56 Å². The van der Waals surface area contributed by atoms with E-state index in [1.54, 1.807) is 0 Å². The molecule has 0 aliphatic carbocycles. The minimum atomic E-state index is 0.0884. The number of pyridine rings is 1. The van der Waals surface area contributed by atoms with Crippen molar-refractivity contribution < 1.29 is 9.90 Å². The molecule has 0 saturated carbocycles. The molecule has 1 fully saturated rings. The maximum absolute atomic E-state index is 12.6. The second kappa shape index (κ2) is 6.15. The smallest absolute Gasteiger partial charge is 0.255 e. The predicted octanol–water partition coefficient (Wildman–Crippen LogP) is 2.08. The fourth-order valence-corrected chi connectivity index (χ4v) is 2.80. The topological polar surface area (TPSA) is 53.4 Å². The number of aliphatic hydroxyl groups excluding tert-OH is 1. The summed E-state index contributed by atoms with van der Waals surface area (Å²) in [5, 5.41) is 8.93. The molecule has 0 aromatic carbocycles. The van der Waals surface area contributed by atoms with E-state index >= 15 is 0 Å². The largest absolute Gasteiger partial charge is 0.396 e. The van der Waals surface area contributed by atoms with Gasteiger partial charge in [0.1, 0.15) is 0 Å². The first kappa shape index (κ1) is 14.0. The van der Waals surface area contributed by atoms with Gasteiger partial charge in [0.15, 0.2) is 0 Å². The van der Waals surface area contributed by atoms with Crippen LogP contribution in [-0.4, -0.2) is 40.1 Å².